The molecule has 0 unspecified atom stereocenters. The summed E-state index contributed by atoms with van der Waals surface area (Å²) in [6.45, 7) is 4.65. The molecule has 0 aromatic carbocycles. The Morgan fingerprint density at radius 3 is 2.65 bits per heavy atom. The zero-order valence-corrected chi connectivity index (χ0v) is 19.2. The summed E-state index contributed by atoms with van der Waals surface area (Å²) < 4.78 is 19.8. The number of imidazole rings is 1. The summed E-state index contributed by atoms with van der Waals surface area (Å²) in [5.74, 6) is 1.06. The van der Waals surface area contributed by atoms with Crippen molar-refractivity contribution in [2.45, 2.75) is 70.6 Å². The molecule has 1 N–H and O–H groups in total. The molecule has 2 aliphatic rings. The van der Waals surface area contributed by atoms with Crippen LogP contribution in [0.25, 0.3) is 11.0 Å². The third kappa shape index (κ3) is 5.60. The van der Waals surface area contributed by atoms with E-state index in [0.717, 1.165) is 31.2 Å². The molecule has 0 saturated heterocycles. The van der Waals surface area contributed by atoms with Crippen molar-refractivity contribution in [1.82, 2.24) is 19.9 Å². The first kappa shape index (κ1) is 22.1. The number of hydrogen-bond donors (Lipinski definition) is 1. The largest absolute Gasteiger partial charge is 0.476 e. The molecule has 8 nitrogen and oxygen atoms in total. The number of carbonyl (C=O) groups excluding carboxylic acids is 1. The van der Waals surface area contributed by atoms with E-state index in [1.807, 2.05) is 18.5 Å². The lowest BCUT2D eigenvalue weighted by molar-refractivity contribution is -0.120. The normalized spacial score (nSPS) is 22.3. The van der Waals surface area contributed by atoms with Crippen molar-refractivity contribution in [2.75, 3.05) is 13.2 Å². The predicted octanol–water partition coefficient (Wildman–Crippen LogP) is 3.64. The summed E-state index contributed by atoms with van der Waals surface area (Å²) in [5, 5.41) is 3.32. The van der Waals surface area contributed by atoms with Crippen molar-refractivity contribution >= 4 is 28.5 Å². The number of halogens is 1. The minimum absolute atomic E-state index is 0.0166. The van der Waals surface area contributed by atoms with Crippen molar-refractivity contribution in [3.8, 4) is 11.9 Å². The number of nitrogens with one attached hydrogen (secondary N) is 1. The average Bonchev–Trinajstić information content (AvgIpc) is 3.50. The summed E-state index contributed by atoms with van der Waals surface area (Å²) in [7, 11) is 1.90. The van der Waals surface area contributed by atoms with Gasteiger partial charge in [0.05, 0.1) is 31.0 Å². The maximum Gasteiger partial charge on any atom is 0.297 e. The molecule has 2 aromatic heterocycles. The SMILES string of the molecule is CC(=O)N[C@@H](C)COC1CCC(Oc2nc3cnc(OCC4CC4)c(Cl)c3n2C)CC1. The number of amides is 1. The number of nitrogens with zero attached hydrogens (tertiary/aromatic N) is 3. The lowest BCUT2D eigenvalue weighted by atomic mass is 9.95. The molecule has 0 aliphatic heterocycles. The predicted molar refractivity (Wildman–Crippen MR) is 118 cm³/mol. The van der Waals surface area contributed by atoms with Gasteiger partial charge in [-0.1, -0.05) is 11.6 Å². The number of aryl methyl sites for hydroxylation is 1. The number of aromatic nitrogens is 3. The fourth-order valence-corrected chi connectivity index (χ4v) is 4.28. The fraction of sp³-hybridized carbons (Fsp3) is 0.682. The van der Waals surface area contributed by atoms with Gasteiger partial charge in [0, 0.05) is 20.0 Å². The van der Waals surface area contributed by atoms with Crippen LogP contribution < -0.4 is 14.8 Å². The fourth-order valence-electron chi connectivity index (χ4n) is 3.95. The van der Waals surface area contributed by atoms with Gasteiger partial charge in [-0.15, -0.1) is 0 Å². The molecule has 4 rings (SSSR count). The lowest BCUT2D eigenvalue weighted by Crippen LogP contribution is -2.37. The lowest BCUT2D eigenvalue weighted by Gasteiger charge is -2.29. The Kier molecular flexibility index (Phi) is 6.86. The zero-order chi connectivity index (χ0) is 22.0. The molecule has 2 aromatic rings. The molecule has 170 valence electrons. The highest BCUT2D eigenvalue weighted by atomic mass is 35.5. The van der Waals surface area contributed by atoms with Crippen LogP contribution >= 0.6 is 11.6 Å². The van der Waals surface area contributed by atoms with Crippen LogP contribution in [-0.2, 0) is 16.6 Å². The standard InChI is InChI=1S/C22H31ClN4O4/c1-13(25-14(2)28)11-29-16-6-8-17(9-7-16)31-22-26-18-10-24-21(30-12-15-4-5-15)19(23)20(18)27(22)3/h10,13,15-17H,4-9,11-12H2,1-3H3,(H,25,28)/t13-,16?,17?/m0/s1. The van der Waals surface area contributed by atoms with Crippen molar-refractivity contribution in [3.05, 3.63) is 11.2 Å². The van der Waals surface area contributed by atoms with Gasteiger partial charge in [0.15, 0.2) is 0 Å². The first-order valence-corrected chi connectivity index (χ1v) is 11.5. The Labute approximate surface area is 187 Å². The van der Waals surface area contributed by atoms with Gasteiger partial charge in [0.2, 0.25) is 11.8 Å². The average molecular weight is 451 g/mol. The monoisotopic (exact) mass is 450 g/mol. The van der Waals surface area contributed by atoms with Crippen LogP contribution in [0.4, 0.5) is 0 Å². The molecular weight excluding hydrogens is 420 g/mol. The quantitative estimate of drug-likeness (QED) is 0.627. The minimum atomic E-state index is -0.0347. The maximum absolute atomic E-state index is 11.1. The molecule has 2 aliphatic carbocycles. The van der Waals surface area contributed by atoms with Gasteiger partial charge in [-0.05, 0) is 51.4 Å². The first-order chi connectivity index (χ1) is 14.9. The van der Waals surface area contributed by atoms with E-state index in [0.29, 0.717) is 41.6 Å². The second kappa shape index (κ2) is 9.61. The van der Waals surface area contributed by atoms with Crippen molar-refractivity contribution < 1.29 is 19.0 Å². The maximum atomic E-state index is 11.1. The molecule has 1 atom stereocenters. The zero-order valence-electron chi connectivity index (χ0n) is 18.4. The summed E-state index contributed by atoms with van der Waals surface area (Å²) in [6, 6.07) is 0.560. The van der Waals surface area contributed by atoms with E-state index < -0.39 is 0 Å². The molecule has 2 heterocycles. The van der Waals surface area contributed by atoms with Gasteiger partial charge >= 0.3 is 0 Å². The van der Waals surface area contributed by atoms with Crippen molar-refractivity contribution in [1.29, 1.82) is 0 Å². The Bertz CT molecular complexity index is 922. The van der Waals surface area contributed by atoms with E-state index in [-0.39, 0.29) is 24.2 Å². The number of pyridine rings is 1. The third-order valence-corrected chi connectivity index (χ3v) is 6.20. The highest BCUT2D eigenvalue weighted by Crippen LogP contribution is 2.35. The summed E-state index contributed by atoms with van der Waals surface area (Å²) >= 11 is 6.57. The topological polar surface area (TPSA) is 87.5 Å². The van der Waals surface area contributed by atoms with Gasteiger partial charge in [-0.25, -0.2) is 4.98 Å². The number of fused-ring (bicyclic) bond motifs is 1. The molecule has 0 radical (unpaired) electrons. The van der Waals surface area contributed by atoms with E-state index in [1.54, 1.807) is 6.20 Å². The van der Waals surface area contributed by atoms with Crippen molar-refractivity contribution in [3.63, 3.8) is 0 Å². The second-order valence-corrected chi connectivity index (χ2v) is 9.15. The van der Waals surface area contributed by atoms with Crippen LogP contribution in [0.15, 0.2) is 6.20 Å². The van der Waals surface area contributed by atoms with E-state index in [2.05, 4.69) is 15.3 Å². The number of rotatable bonds is 9. The Hall–Kier alpha value is -2.06. The minimum Gasteiger partial charge on any atom is -0.476 e. The molecule has 2 fully saturated rings. The summed E-state index contributed by atoms with van der Waals surface area (Å²) in [6.07, 6.45) is 8.02. The van der Waals surface area contributed by atoms with E-state index in [4.69, 9.17) is 25.8 Å². The number of hydrogen-bond acceptors (Lipinski definition) is 6. The van der Waals surface area contributed by atoms with Gasteiger partial charge in [0.1, 0.15) is 16.6 Å². The summed E-state index contributed by atoms with van der Waals surface area (Å²) in [4.78, 5) is 20.0. The molecular formula is C22H31ClN4O4. The van der Waals surface area contributed by atoms with Crippen LogP contribution in [0.5, 0.6) is 11.9 Å². The van der Waals surface area contributed by atoms with Crippen LogP contribution in [0.3, 0.4) is 0 Å². The highest BCUT2D eigenvalue weighted by molar-refractivity contribution is 6.36. The Morgan fingerprint density at radius 2 is 1.97 bits per heavy atom. The second-order valence-electron chi connectivity index (χ2n) is 8.77. The van der Waals surface area contributed by atoms with Crippen molar-refractivity contribution in [2.24, 2.45) is 13.0 Å². The summed E-state index contributed by atoms with van der Waals surface area (Å²) in [5.41, 5.74) is 1.48. The molecule has 0 spiro atoms. The number of ether oxygens (including phenoxy) is 3. The first-order valence-electron chi connectivity index (χ1n) is 11.1. The van der Waals surface area contributed by atoms with E-state index >= 15 is 0 Å². The van der Waals surface area contributed by atoms with Gasteiger partial charge < -0.3 is 19.5 Å². The molecule has 9 heteroatoms. The van der Waals surface area contributed by atoms with Gasteiger partial charge in [0.25, 0.3) is 6.01 Å². The molecule has 1 amide bonds. The van der Waals surface area contributed by atoms with Gasteiger partial charge in [-0.3, -0.25) is 9.36 Å². The molecule has 0 bridgehead atoms. The van der Waals surface area contributed by atoms with Crippen LogP contribution in [0.2, 0.25) is 5.02 Å². The Morgan fingerprint density at radius 1 is 1.26 bits per heavy atom. The van der Waals surface area contributed by atoms with Gasteiger partial charge in [-0.2, -0.15) is 4.98 Å². The number of carbonyl (C=O) groups is 1. The molecule has 2 saturated carbocycles. The van der Waals surface area contributed by atoms with Crippen LogP contribution in [0.1, 0.15) is 52.4 Å². The van der Waals surface area contributed by atoms with Crippen LogP contribution in [0, 0.1) is 5.92 Å². The Balaban J connectivity index is 1.32. The van der Waals surface area contributed by atoms with E-state index in [1.165, 1.54) is 19.8 Å². The van der Waals surface area contributed by atoms with Crippen LogP contribution in [-0.4, -0.2) is 51.9 Å². The smallest absolute Gasteiger partial charge is 0.297 e. The highest BCUT2D eigenvalue weighted by Gasteiger charge is 2.26. The third-order valence-electron chi connectivity index (χ3n) is 5.86. The molecule has 31 heavy (non-hydrogen) atoms. The van der Waals surface area contributed by atoms with E-state index in [9.17, 15) is 4.79 Å².